The van der Waals surface area contributed by atoms with E-state index in [2.05, 4.69) is 5.32 Å². The quantitative estimate of drug-likeness (QED) is 0.284. The van der Waals surface area contributed by atoms with Crippen LogP contribution in [-0.4, -0.2) is 29.2 Å². The summed E-state index contributed by atoms with van der Waals surface area (Å²) in [4.78, 5) is 39.0. The number of aryl methyl sites for hydroxylation is 1. The van der Waals surface area contributed by atoms with Crippen molar-refractivity contribution in [3.8, 4) is 5.75 Å². The van der Waals surface area contributed by atoms with E-state index in [9.17, 15) is 14.4 Å². The van der Waals surface area contributed by atoms with Gasteiger partial charge in [0.05, 0.1) is 5.56 Å². The van der Waals surface area contributed by atoms with Gasteiger partial charge in [0.15, 0.2) is 0 Å². The molecule has 7 heteroatoms. The third-order valence-electron chi connectivity index (χ3n) is 5.52. The molecule has 0 atom stereocenters. The number of amides is 2. The first-order chi connectivity index (χ1) is 16.5. The van der Waals surface area contributed by atoms with Crippen molar-refractivity contribution in [2.45, 2.75) is 19.8 Å². The lowest BCUT2D eigenvalue weighted by atomic mass is 10.1. The molecule has 0 aromatic heterocycles. The molecule has 0 spiro atoms. The highest BCUT2D eigenvalue weighted by Crippen LogP contribution is 2.26. The molecule has 0 saturated heterocycles. The van der Waals surface area contributed by atoms with Crippen molar-refractivity contribution in [3.63, 3.8) is 0 Å². The second-order valence-electron chi connectivity index (χ2n) is 7.74. The van der Waals surface area contributed by atoms with Gasteiger partial charge in [-0.15, -0.1) is 0 Å². The van der Waals surface area contributed by atoms with E-state index in [-0.39, 0.29) is 17.3 Å². The van der Waals surface area contributed by atoms with Gasteiger partial charge in [-0.3, -0.25) is 14.5 Å². The smallest absolute Gasteiger partial charge is 0.343 e. The summed E-state index contributed by atoms with van der Waals surface area (Å²) in [6.07, 6.45) is 1.28. The molecule has 0 aliphatic carbocycles. The molecule has 0 unspecified atom stereocenters. The monoisotopic (exact) mass is 474 g/mol. The van der Waals surface area contributed by atoms with Crippen LogP contribution in [0.15, 0.2) is 89.6 Å². The molecule has 3 aromatic rings. The van der Waals surface area contributed by atoms with Crippen molar-refractivity contribution < 1.29 is 19.1 Å². The van der Waals surface area contributed by atoms with Crippen molar-refractivity contribution in [1.29, 1.82) is 0 Å². The second-order valence-corrected chi connectivity index (χ2v) is 8.12. The van der Waals surface area contributed by atoms with E-state index in [1.54, 1.807) is 30.3 Å². The van der Waals surface area contributed by atoms with E-state index in [1.807, 2.05) is 55.5 Å². The number of carbonyl (C=O) groups is 3. The number of esters is 1. The molecule has 0 bridgehead atoms. The lowest BCUT2D eigenvalue weighted by Crippen LogP contribution is -2.34. The van der Waals surface area contributed by atoms with Gasteiger partial charge in [-0.1, -0.05) is 67.1 Å². The van der Waals surface area contributed by atoms with Gasteiger partial charge in [-0.25, -0.2) is 4.79 Å². The highest BCUT2D eigenvalue weighted by molar-refractivity contribution is 6.48. The number of ether oxygens (including phenoxy) is 1. The predicted molar refractivity (Wildman–Crippen MR) is 131 cm³/mol. The lowest BCUT2D eigenvalue weighted by Gasteiger charge is -2.15. The maximum Gasteiger partial charge on any atom is 0.343 e. The van der Waals surface area contributed by atoms with Gasteiger partial charge < -0.3 is 10.1 Å². The summed E-state index contributed by atoms with van der Waals surface area (Å²) in [6.45, 7) is 2.22. The lowest BCUT2D eigenvalue weighted by molar-refractivity contribution is -0.137. The van der Waals surface area contributed by atoms with Gasteiger partial charge in [-0.2, -0.15) is 0 Å². The largest absolute Gasteiger partial charge is 0.423 e. The zero-order valence-electron chi connectivity index (χ0n) is 18.6. The van der Waals surface area contributed by atoms with Gasteiger partial charge in [0.2, 0.25) is 0 Å². The van der Waals surface area contributed by atoms with E-state index >= 15 is 0 Å². The third kappa shape index (κ3) is 5.02. The summed E-state index contributed by atoms with van der Waals surface area (Å²) in [5, 5.41) is 2.76. The molecule has 172 valence electrons. The number of nitrogens with zero attached hydrogens (tertiary/aromatic N) is 1. The highest BCUT2D eigenvalue weighted by Gasteiger charge is 2.37. The van der Waals surface area contributed by atoms with Crippen molar-refractivity contribution >= 4 is 35.1 Å². The van der Waals surface area contributed by atoms with E-state index in [0.29, 0.717) is 23.4 Å². The first-order valence-corrected chi connectivity index (χ1v) is 11.3. The minimum Gasteiger partial charge on any atom is -0.423 e. The normalized spacial score (nSPS) is 13.4. The molecular weight excluding hydrogens is 452 g/mol. The minimum atomic E-state index is -0.528. The first kappa shape index (κ1) is 23.3. The molecular formula is C27H23ClN2O4. The Morgan fingerprint density at radius 3 is 2.29 bits per heavy atom. The van der Waals surface area contributed by atoms with Gasteiger partial charge in [0.25, 0.3) is 11.8 Å². The Hall–Kier alpha value is -3.90. The van der Waals surface area contributed by atoms with Crippen LogP contribution >= 0.6 is 11.6 Å². The van der Waals surface area contributed by atoms with Gasteiger partial charge in [0, 0.05) is 12.2 Å². The van der Waals surface area contributed by atoms with Crippen LogP contribution in [0.4, 0.5) is 5.69 Å². The van der Waals surface area contributed by atoms with Crippen LogP contribution in [0, 0.1) is 0 Å². The maximum atomic E-state index is 12.8. The summed E-state index contributed by atoms with van der Waals surface area (Å²) in [7, 11) is 0. The Balaban J connectivity index is 1.41. The summed E-state index contributed by atoms with van der Waals surface area (Å²) in [5.41, 5.74) is 2.85. The molecule has 1 heterocycles. The number of hydrogen-bond acceptors (Lipinski definition) is 5. The molecule has 4 rings (SSSR count). The Morgan fingerprint density at radius 2 is 1.59 bits per heavy atom. The van der Waals surface area contributed by atoms with Crippen LogP contribution < -0.4 is 10.1 Å². The SMILES string of the molecule is CCc1ccccc1OC(=O)c1ccc(NC2=C(Cl)C(=O)N(CCc3ccccc3)C2=O)cc1. The average molecular weight is 475 g/mol. The summed E-state index contributed by atoms with van der Waals surface area (Å²) in [6, 6.07) is 23.4. The highest BCUT2D eigenvalue weighted by atomic mass is 35.5. The minimum absolute atomic E-state index is 0.0203. The van der Waals surface area contributed by atoms with Crippen molar-refractivity contribution in [1.82, 2.24) is 4.90 Å². The van der Waals surface area contributed by atoms with Crippen molar-refractivity contribution in [2.75, 3.05) is 11.9 Å². The van der Waals surface area contributed by atoms with Crippen molar-refractivity contribution in [2.24, 2.45) is 0 Å². The van der Waals surface area contributed by atoms with Crippen LogP contribution in [-0.2, 0) is 22.4 Å². The maximum absolute atomic E-state index is 12.8. The molecule has 6 nitrogen and oxygen atoms in total. The molecule has 1 N–H and O–H groups in total. The standard InChI is InChI=1S/C27H23ClN2O4/c1-2-19-10-6-7-11-22(19)34-27(33)20-12-14-21(15-13-20)29-24-23(28)25(31)30(26(24)32)17-16-18-8-4-3-5-9-18/h3-15,29H,2,16-17H2,1H3. The zero-order chi connectivity index (χ0) is 24.1. The third-order valence-corrected chi connectivity index (χ3v) is 5.88. The van der Waals surface area contributed by atoms with E-state index in [0.717, 1.165) is 22.4 Å². The summed E-state index contributed by atoms with van der Waals surface area (Å²) in [5.74, 6) is -0.964. The van der Waals surface area contributed by atoms with Gasteiger partial charge in [-0.05, 0) is 54.3 Å². The number of nitrogens with one attached hydrogen (secondary N) is 1. The molecule has 1 aliphatic heterocycles. The van der Waals surface area contributed by atoms with Crippen LogP contribution in [0.3, 0.4) is 0 Å². The van der Waals surface area contributed by atoms with E-state index < -0.39 is 17.8 Å². The molecule has 0 saturated carbocycles. The summed E-state index contributed by atoms with van der Waals surface area (Å²) >= 11 is 6.18. The van der Waals surface area contributed by atoms with Crippen molar-refractivity contribution in [3.05, 3.63) is 106 Å². The predicted octanol–water partition coefficient (Wildman–Crippen LogP) is 4.94. The first-order valence-electron chi connectivity index (χ1n) is 10.9. The molecule has 0 radical (unpaired) electrons. The van der Waals surface area contributed by atoms with Crippen LogP contribution in [0.5, 0.6) is 5.75 Å². The van der Waals surface area contributed by atoms with E-state index in [4.69, 9.17) is 16.3 Å². The molecule has 1 aliphatic rings. The summed E-state index contributed by atoms with van der Waals surface area (Å²) < 4.78 is 5.53. The number of carbonyl (C=O) groups excluding carboxylic acids is 3. The van der Waals surface area contributed by atoms with E-state index in [1.165, 1.54) is 0 Å². The Kier molecular flexibility index (Phi) is 7.09. The fraction of sp³-hybridized carbons (Fsp3) is 0.148. The number of anilines is 1. The second kappa shape index (κ2) is 10.4. The van der Waals surface area contributed by atoms with Crippen LogP contribution in [0.1, 0.15) is 28.4 Å². The number of rotatable bonds is 8. The Morgan fingerprint density at radius 1 is 0.912 bits per heavy atom. The average Bonchev–Trinajstić information content (AvgIpc) is 3.06. The molecule has 34 heavy (non-hydrogen) atoms. The molecule has 3 aromatic carbocycles. The topological polar surface area (TPSA) is 75.7 Å². The van der Waals surface area contributed by atoms with Gasteiger partial charge in [0.1, 0.15) is 16.5 Å². The van der Waals surface area contributed by atoms with Crippen LogP contribution in [0.25, 0.3) is 0 Å². The zero-order valence-corrected chi connectivity index (χ0v) is 19.3. The number of halogens is 1. The number of imide groups is 1. The number of hydrogen-bond donors (Lipinski definition) is 1. The Bertz CT molecular complexity index is 1250. The van der Waals surface area contributed by atoms with Crippen LogP contribution in [0.2, 0.25) is 0 Å². The van der Waals surface area contributed by atoms with Gasteiger partial charge >= 0.3 is 5.97 Å². The number of para-hydroxylation sites is 1. The fourth-order valence-electron chi connectivity index (χ4n) is 3.63. The Labute approximate surface area is 202 Å². The molecule has 2 amide bonds. The fourth-order valence-corrected chi connectivity index (χ4v) is 3.86. The number of benzene rings is 3. The molecule has 0 fully saturated rings.